The lowest BCUT2D eigenvalue weighted by Gasteiger charge is -2.34. The van der Waals surface area contributed by atoms with Gasteiger partial charge in [-0.05, 0) is 13.8 Å². The summed E-state index contributed by atoms with van der Waals surface area (Å²) >= 11 is 0. The molecule has 2 atom stereocenters. The molecule has 0 N–H and O–H groups in total. The molecule has 1 amide bonds. The maximum absolute atomic E-state index is 12.1. The van der Waals surface area contributed by atoms with E-state index in [0.29, 0.717) is 0 Å². The summed E-state index contributed by atoms with van der Waals surface area (Å²) in [4.78, 5) is 13.7. The summed E-state index contributed by atoms with van der Waals surface area (Å²) in [5.74, 6) is 6.23. The second-order valence-electron chi connectivity index (χ2n) is 4.21. The van der Waals surface area contributed by atoms with E-state index in [0.717, 1.165) is 11.1 Å². The molecule has 1 aliphatic heterocycles. The van der Waals surface area contributed by atoms with Crippen molar-refractivity contribution in [3.8, 4) is 11.8 Å². The molecule has 2 rings (SSSR count). The lowest BCUT2D eigenvalue weighted by molar-refractivity contribution is -0.132. The Hall–Kier alpha value is -1.75. The van der Waals surface area contributed by atoms with Crippen LogP contribution >= 0.6 is 0 Å². The molecule has 0 aromatic rings. The van der Waals surface area contributed by atoms with Gasteiger partial charge in [-0.1, -0.05) is 29.7 Å². The minimum Gasteiger partial charge on any atom is -0.321 e. The molecule has 0 bridgehead atoms. The van der Waals surface area contributed by atoms with Crippen LogP contribution in [0.3, 0.4) is 0 Å². The zero-order valence-electron chi connectivity index (χ0n) is 9.82. The summed E-state index contributed by atoms with van der Waals surface area (Å²) in [6.07, 6.45) is 7.94. The highest BCUT2D eigenvalue weighted by Crippen LogP contribution is 2.35. The standard InChI is InChI=1S/C14H15NO/c1-4-6-11-9-15(3)14(16)13-10(2)7-5-8-12(11)13/h5,7-9,12-13H,1-3H3. The Morgan fingerprint density at radius 3 is 2.88 bits per heavy atom. The van der Waals surface area contributed by atoms with Gasteiger partial charge in [-0.3, -0.25) is 4.79 Å². The van der Waals surface area contributed by atoms with E-state index in [-0.39, 0.29) is 17.7 Å². The van der Waals surface area contributed by atoms with Gasteiger partial charge in [0, 0.05) is 24.7 Å². The van der Waals surface area contributed by atoms with Gasteiger partial charge in [-0.15, -0.1) is 5.92 Å². The summed E-state index contributed by atoms with van der Waals surface area (Å²) in [5.41, 5.74) is 2.14. The predicted octanol–water partition coefficient (Wildman–Crippen LogP) is 2.11. The van der Waals surface area contributed by atoms with Crippen molar-refractivity contribution in [3.05, 3.63) is 35.6 Å². The number of allylic oxidation sites excluding steroid dienone is 4. The summed E-state index contributed by atoms with van der Waals surface area (Å²) in [5, 5.41) is 0. The summed E-state index contributed by atoms with van der Waals surface area (Å²) < 4.78 is 0. The average Bonchev–Trinajstić information content (AvgIpc) is 2.25. The van der Waals surface area contributed by atoms with E-state index in [1.165, 1.54) is 0 Å². The van der Waals surface area contributed by atoms with E-state index in [1.54, 1.807) is 11.9 Å². The van der Waals surface area contributed by atoms with Crippen molar-refractivity contribution >= 4 is 5.91 Å². The molecule has 82 valence electrons. The molecule has 2 unspecified atom stereocenters. The highest BCUT2D eigenvalue weighted by atomic mass is 16.2. The molecule has 2 heteroatoms. The fourth-order valence-electron chi connectivity index (χ4n) is 2.29. The van der Waals surface area contributed by atoms with E-state index in [9.17, 15) is 4.79 Å². The van der Waals surface area contributed by atoms with Crippen LogP contribution in [-0.4, -0.2) is 17.9 Å². The van der Waals surface area contributed by atoms with Crippen LogP contribution in [0.2, 0.25) is 0 Å². The van der Waals surface area contributed by atoms with E-state index in [4.69, 9.17) is 0 Å². The molecule has 0 saturated carbocycles. The van der Waals surface area contributed by atoms with Crippen molar-refractivity contribution in [1.29, 1.82) is 0 Å². The lowest BCUT2D eigenvalue weighted by atomic mass is 9.76. The van der Waals surface area contributed by atoms with E-state index >= 15 is 0 Å². The van der Waals surface area contributed by atoms with Gasteiger partial charge in [0.2, 0.25) is 5.91 Å². The average molecular weight is 213 g/mol. The first-order valence-electron chi connectivity index (χ1n) is 5.41. The van der Waals surface area contributed by atoms with Gasteiger partial charge in [-0.25, -0.2) is 0 Å². The fourth-order valence-corrected chi connectivity index (χ4v) is 2.29. The number of carbonyl (C=O) groups is 1. The smallest absolute Gasteiger partial charge is 0.234 e. The van der Waals surface area contributed by atoms with Gasteiger partial charge in [0.1, 0.15) is 0 Å². The van der Waals surface area contributed by atoms with Crippen molar-refractivity contribution in [2.75, 3.05) is 7.05 Å². The fraction of sp³-hybridized carbons (Fsp3) is 0.357. The predicted molar refractivity (Wildman–Crippen MR) is 64.2 cm³/mol. The van der Waals surface area contributed by atoms with Gasteiger partial charge in [0.15, 0.2) is 0 Å². The quantitative estimate of drug-likeness (QED) is 0.564. The third kappa shape index (κ3) is 1.59. The van der Waals surface area contributed by atoms with Crippen LogP contribution in [-0.2, 0) is 4.79 Å². The van der Waals surface area contributed by atoms with Crippen LogP contribution in [0.5, 0.6) is 0 Å². The minimum atomic E-state index is -0.0594. The van der Waals surface area contributed by atoms with Crippen LogP contribution in [0.15, 0.2) is 35.6 Å². The molecule has 1 heterocycles. The molecule has 0 aromatic heterocycles. The number of nitrogens with zero attached hydrogens (tertiary/aromatic N) is 1. The van der Waals surface area contributed by atoms with E-state index < -0.39 is 0 Å². The first-order chi connectivity index (χ1) is 7.65. The minimum absolute atomic E-state index is 0.0594. The summed E-state index contributed by atoms with van der Waals surface area (Å²) in [6.45, 7) is 3.83. The highest BCUT2D eigenvalue weighted by molar-refractivity contribution is 5.85. The molecule has 2 aliphatic rings. The van der Waals surface area contributed by atoms with Crippen molar-refractivity contribution in [2.45, 2.75) is 13.8 Å². The van der Waals surface area contributed by atoms with Crippen LogP contribution < -0.4 is 0 Å². The highest BCUT2D eigenvalue weighted by Gasteiger charge is 2.36. The van der Waals surface area contributed by atoms with Crippen LogP contribution in [0.25, 0.3) is 0 Å². The molecule has 16 heavy (non-hydrogen) atoms. The first kappa shape index (κ1) is 10.8. The molecule has 0 fully saturated rings. The number of amides is 1. The first-order valence-corrected chi connectivity index (χ1v) is 5.41. The number of rotatable bonds is 0. The molecule has 0 radical (unpaired) electrons. The summed E-state index contributed by atoms with van der Waals surface area (Å²) in [6, 6.07) is 0. The molecule has 2 nitrogen and oxygen atoms in total. The Kier molecular flexibility index (Phi) is 2.70. The van der Waals surface area contributed by atoms with E-state index in [2.05, 4.69) is 17.9 Å². The van der Waals surface area contributed by atoms with Gasteiger partial charge in [0.05, 0.1) is 5.92 Å². The van der Waals surface area contributed by atoms with Crippen molar-refractivity contribution < 1.29 is 4.79 Å². The number of fused-ring (bicyclic) bond motifs is 1. The Morgan fingerprint density at radius 2 is 2.19 bits per heavy atom. The third-order valence-electron chi connectivity index (χ3n) is 3.10. The van der Waals surface area contributed by atoms with Crippen LogP contribution in [0.4, 0.5) is 0 Å². The molecule has 0 aromatic carbocycles. The lowest BCUT2D eigenvalue weighted by Crippen LogP contribution is -2.39. The van der Waals surface area contributed by atoms with Crippen molar-refractivity contribution in [3.63, 3.8) is 0 Å². The Morgan fingerprint density at radius 1 is 1.44 bits per heavy atom. The maximum Gasteiger partial charge on any atom is 0.234 e. The number of carbonyl (C=O) groups excluding carboxylic acids is 1. The number of hydrogen-bond acceptors (Lipinski definition) is 1. The molecule has 0 saturated heterocycles. The third-order valence-corrected chi connectivity index (χ3v) is 3.10. The Balaban J connectivity index is 2.48. The molecule has 1 aliphatic carbocycles. The van der Waals surface area contributed by atoms with E-state index in [1.807, 2.05) is 32.2 Å². The van der Waals surface area contributed by atoms with Gasteiger partial charge in [0.25, 0.3) is 0 Å². The second-order valence-corrected chi connectivity index (χ2v) is 4.21. The van der Waals surface area contributed by atoms with Crippen LogP contribution in [0, 0.1) is 23.7 Å². The van der Waals surface area contributed by atoms with Gasteiger partial charge in [-0.2, -0.15) is 0 Å². The second kappa shape index (κ2) is 4.02. The summed E-state index contributed by atoms with van der Waals surface area (Å²) in [7, 11) is 1.79. The number of hydrogen-bond donors (Lipinski definition) is 0. The van der Waals surface area contributed by atoms with Crippen molar-refractivity contribution in [1.82, 2.24) is 4.90 Å². The van der Waals surface area contributed by atoms with Gasteiger partial charge >= 0.3 is 0 Å². The SMILES string of the molecule is CC#CC1=CN(C)C(=O)C2C(C)=CC=CC12. The molecular formula is C14H15NO. The monoisotopic (exact) mass is 213 g/mol. The van der Waals surface area contributed by atoms with Crippen molar-refractivity contribution in [2.24, 2.45) is 11.8 Å². The zero-order chi connectivity index (χ0) is 11.7. The normalized spacial score (nSPS) is 27.7. The largest absolute Gasteiger partial charge is 0.321 e. The maximum atomic E-state index is 12.1. The van der Waals surface area contributed by atoms with Gasteiger partial charge < -0.3 is 4.90 Å². The Bertz CT molecular complexity index is 471. The van der Waals surface area contributed by atoms with Crippen LogP contribution in [0.1, 0.15) is 13.8 Å². The molecular weight excluding hydrogens is 198 g/mol. The topological polar surface area (TPSA) is 20.3 Å². The molecule has 0 spiro atoms. The Labute approximate surface area is 96.3 Å². The zero-order valence-corrected chi connectivity index (χ0v) is 9.82.